The molecule has 1 heterocycles. The van der Waals surface area contributed by atoms with Crippen molar-refractivity contribution in [2.45, 2.75) is 25.2 Å². The molecule has 1 aliphatic rings. The maximum atomic E-state index is 13.4. The fourth-order valence-corrected chi connectivity index (χ4v) is 4.58. The first-order valence-electron chi connectivity index (χ1n) is 11.5. The molecule has 36 heavy (non-hydrogen) atoms. The molecule has 1 aliphatic heterocycles. The van der Waals surface area contributed by atoms with Crippen LogP contribution in [0.15, 0.2) is 94.4 Å². The van der Waals surface area contributed by atoms with Crippen LogP contribution >= 0.6 is 11.8 Å². The van der Waals surface area contributed by atoms with E-state index in [2.05, 4.69) is 10.6 Å². The van der Waals surface area contributed by atoms with Crippen LogP contribution in [0.4, 0.5) is 17.1 Å². The highest BCUT2D eigenvalue weighted by Crippen LogP contribution is 2.38. The van der Waals surface area contributed by atoms with Gasteiger partial charge in [0.05, 0.1) is 12.8 Å². The zero-order valence-electron chi connectivity index (χ0n) is 20.3. The first kappa shape index (κ1) is 25.1. The number of carbonyl (C=O) groups excluding carboxylic acids is 3. The summed E-state index contributed by atoms with van der Waals surface area (Å²) in [5.41, 5.74) is 2.03. The van der Waals surface area contributed by atoms with Crippen LogP contribution in [-0.2, 0) is 14.4 Å². The monoisotopic (exact) mass is 501 g/mol. The summed E-state index contributed by atoms with van der Waals surface area (Å²) in [7, 11) is 1.58. The number of hydrogen-bond donors (Lipinski definition) is 2. The largest absolute Gasteiger partial charge is 0.497 e. The van der Waals surface area contributed by atoms with E-state index < -0.39 is 11.8 Å². The van der Waals surface area contributed by atoms with Gasteiger partial charge in [0.2, 0.25) is 5.91 Å². The molecule has 0 atom stereocenters. The smallest absolute Gasteiger partial charge is 0.283 e. The number of benzene rings is 3. The standard InChI is InChI=1S/C28H27N3O4S/c1-18(2)17-24(32)29-19-11-15-23(16-12-19)36-26-25(30-20-9-13-22(35-3)14-10-20)27(33)31(28(26)34)21-7-5-4-6-8-21/h4-16,18,30H,17H2,1-3H3,(H,29,32). The van der Waals surface area contributed by atoms with Crippen LogP contribution in [0, 0.1) is 5.92 Å². The summed E-state index contributed by atoms with van der Waals surface area (Å²) in [4.78, 5) is 41.1. The minimum absolute atomic E-state index is 0.0471. The van der Waals surface area contributed by atoms with Gasteiger partial charge in [-0.2, -0.15) is 0 Å². The van der Waals surface area contributed by atoms with Crippen molar-refractivity contribution in [3.8, 4) is 5.75 Å². The van der Waals surface area contributed by atoms with E-state index >= 15 is 0 Å². The minimum atomic E-state index is -0.429. The van der Waals surface area contributed by atoms with Crippen molar-refractivity contribution in [1.29, 1.82) is 0 Å². The number of nitrogens with one attached hydrogen (secondary N) is 2. The lowest BCUT2D eigenvalue weighted by Gasteiger charge is -2.15. The molecule has 0 unspecified atom stereocenters. The van der Waals surface area contributed by atoms with Crippen molar-refractivity contribution in [1.82, 2.24) is 0 Å². The van der Waals surface area contributed by atoms with Gasteiger partial charge in [-0.05, 0) is 66.6 Å². The molecule has 184 valence electrons. The fraction of sp³-hybridized carbons (Fsp3) is 0.179. The summed E-state index contributed by atoms with van der Waals surface area (Å²) in [5, 5.41) is 6.01. The van der Waals surface area contributed by atoms with E-state index in [1.54, 1.807) is 67.8 Å². The van der Waals surface area contributed by atoms with E-state index in [4.69, 9.17) is 4.74 Å². The number of carbonyl (C=O) groups is 3. The van der Waals surface area contributed by atoms with Crippen LogP contribution in [0.25, 0.3) is 0 Å². The summed E-state index contributed by atoms with van der Waals surface area (Å²) in [6.45, 7) is 3.98. The van der Waals surface area contributed by atoms with Gasteiger partial charge >= 0.3 is 0 Å². The highest BCUT2D eigenvalue weighted by atomic mass is 32.2. The molecule has 4 rings (SSSR count). The van der Waals surface area contributed by atoms with Crippen molar-refractivity contribution in [2.75, 3.05) is 22.6 Å². The third kappa shape index (κ3) is 5.78. The predicted octanol–water partition coefficient (Wildman–Crippen LogP) is 5.67. The SMILES string of the molecule is COc1ccc(NC2=C(Sc3ccc(NC(=O)CC(C)C)cc3)C(=O)N(c3ccccc3)C2=O)cc1. The summed E-state index contributed by atoms with van der Waals surface area (Å²) >= 11 is 1.20. The maximum Gasteiger partial charge on any atom is 0.283 e. The molecule has 8 heteroatoms. The van der Waals surface area contributed by atoms with Crippen LogP contribution in [0.1, 0.15) is 20.3 Å². The molecule has 3 aromatic carbocycles. The molecule has 0 fully saturated rings. The Morgan fingerprint density at radius 2 is 1.53 bits per heavy atom. The predicted molar refractivity (Wildman–Crippen MR) is 143 cm³/mol. The van der Waals surface area contributed by atoms with Crippen molar-refractivity contribution in [2.24, 2.45) is 5.92 Å². The first-order chi connectivity index (χ1) is 17.4. The topological polar surface area (TPSA) is 87.7 Å². The average molecular weight is 502 g/mol. The Labute approximate surface area is 214 Å². The summed E-state index contributed by atoms with van der Waals surface area (Å²) < 4.78 is 5.21. The summed E-state index contributed by atoms with van der Waals surface area (Å²) in [6, 6.07) is 23.2. The zero-order valence-corrected chi connectivity index (χ0v) is 21.1. The van der Waals surface area contributed by atoms with Gasteiger partial charge in [-0.25, -0.2) is 4.90 Å². The van der Waals surface area contributed by atoms with Gasteiger partial charge in [-0.15, -0.1) is 0 Å². The Balaban J connectivity index is 1.61. The Kier molecular flexibility index (Phi) is 7.75. The first-order valence-corrected chi connectivity index (χ1v) is 12.3. The van der Waals surface area contributed by atoms with Gasteiger partial charge in [0.25, 0.3) is 11.8 Å². The van der Waals surface area contributed by atoms with Crippen molar-refractivity contribution >= 4 is 46.5 Å². The second kappa shape index (κ2) is 11.1. The number of amides is 3. The number of hydrogen-bond acceptors (Lipinski definition) is 6. The van der Waals surface area contributed by atoms with E-state index in [-0.39, 0.29) is 22.4 Å². The van der Waals surface area contributed by atoms with Gasteiger partial charge in [0.1, 0.15) is 16.4 Å². The molecule has 0 aromatic heterocycles. The number of thioether (sulfide) groups is 1. The van der Waals surface area contributed by atoms with E-state index in [9.17, 15) is 14.4 Å². The highest BCUT2D eigenvalue weighted by molar-refractivity contribution is 8.04. The Hall–Kier alpha value is -4.04. The van der Waals surface area contributed by atoms with Crippen molar-refractivity contribution < 1.29 is 19.1 Å². The van der Waals surface area contributed by atoms with Gasteiger partial charge in [-0.1, -0.05) is 43.8 Å². The normalized spacial score (nSPS) is 13.4. The molecular weight excluding hydrogens is 474 g/mol. The molecule has 0 aliphatic carbocycles. The van der Waals surface area contributed by atoms with E-state index in [1.807, 2.05) is 32.0 Å². The summed E-state index contributed by atoms with van der Waals surface area (Å²) in [5.74, 6) is 0.0732. The van der Waals surface area contributed by atoms with E-state index in [0.717, 1.165) is 4.90 Å². The molecule has 0 radical (unpaired) electrons. The molecule has 2 N–H and O–H groups in total. The molecule has 0 spiro atoms. The van der Waals surface area contributed by atoms with Gasteiger partial charge in [-0.3, -0.25) is 14.4 Å². The number of para-hydroxylation sites is 1. The van der Waals surface area contributed by atoms with Crippen LogP contribution in [0.2, 0.25) is 0 Å². The Bertz CT molecular complexity index is 1290. The number of ether oxygens (including phenoxy) is 1. The zero-order chi connectivity index (χ0) is 25.7. The summed E-state index contributed by atoms with van der Waals surface area (Å²) in [6.07, 6.45) is 0.440. The third-order valence-corrected chi connectivity index (χ3v) is 6.46. The van der Waals surface area contributed by atoms with Gasteiger partial charge in [0.15, 0.2) is 0 Å². The molecule has 3 amide bonds. The highest BCUT2D eigenvalue weighted by Gasteiger charge is 2.40. The van der Waals surface area contributed by atoms with Crippen molar-refractivity contribution in [3.63, 3.8) is 0 Å². The molecular formula is C28H27N3O4S. The molecule has 0 saturated carbocycles. The average Bonchev–Trinajstić information content (AvgIpc) is 3.09. The second-order valence-electron chi connectivity index (χ2n) is 8.61. The molecule has 3 aromatic rings. The number of rotatable bonds is 9. The lowest BCUT2D eigenvalue weighted by molar-refractivity contribution is -0.120. The van der Waals surface area contributed by atoms with E-state index in [0.29, 0.717) is 29.2 Å². The van der Waals surface area contributed by atoms with Gasteiger partial charge in [0, 0.05) is 22.7 Å². The van der Waals surface area contributed by atoms with Crippen LogP contribution in [0.5, 0.6) is 5.75 Å². The number of nitrogens with zero attached hydrogens (tertiary/aromatic N) is 1. The lowest BCUT2D eigenvalue weighted by Crippen LogP contribution is -2.32. The molecule has 0 bridgehead atoms. The quantitative estimate of drug-likeness (QED) is 0.368. The van der Waals surface area contributed by atoms with Gasteiger partial charge < -0.3 is 15.4 Å². The lowest BCUT2D eigenvalue weighted by atomic mass is 10.1. The number of methoxy groups -OCH3 is 1. The number of anilines is 3. The van der Waals surface area contributed by atoms with Crippen LogP contribution in [0.3, 0.4) is 0 Å². The van der Waals surface area contributed by atoms with Crippen molar-refractivity contribution in [3.05, 3.63) is 89.5 Å². The maximum absolute atomic E-state index is 13.4. The molecule has 0 saturated heterocycles. The third-order valence-electron chi connectivity index (χ3n) is 5.37. The van der Waals surface area contributed by atoms with Crippen LogP contribution in [-0.4, -0.2) is 24.8 Å². The Morgan fingerprint density at radius 3 is 2.14 bits per heavy atom. The minimum Gasteiger partial charge on any atom is -0.497 e. The second-order valence-corrected chi connectivity index (χ2v) is 9.70. The van der Waals surface area contributed by atoms with Crippen LogP contribution < -0.4 is 20.3 Å². The Morgan fingerprint density at radius 1 is 0.889 bits per heavy atom. The molecule has 7 nitrogen and oxygen atoms in total. The fourth-order valence-electron chi connectivity index (χ4n) is 3.65. The number of imide groups is 1. The van der Waals surface area contributed by atoms with E-state index in [1.165, 1.54) is 16.7 Å².